The van der Waals surface area contributed by atoms with Gasteiger partial charge in [-0.05, 0) is 42.5 Å². The fourth-order valence-corrected chi connectivity index (χ4v) is 2.37. The van der Waals surface area contributed by atoms with Crippen LogP contribution in [0.3, 0.4) is 0 Å². The van der Waals surface area contributed by atoms with E-state index in [-0.39, 0.29) is 23.9 Å². The van der Waals surface area contributed by atoms with E-state index in [0.717, 1.165) is 0 Å². The third kappa shape index (κ3) is 6.87. The van der Waals surface area contributed by atoms with E-state index in [4.69, 9.17) is 12.2 Å². The number of carbonyl (C=O) groups excluding carboxylic acids is 3. The summed E-state index contributed by atoms with van der Waals surface area (Å²) in [5, 5.41) is 8.22. The van der Waals surface area contributed by atoms with Crippen molar-refractivity contribution in [3.8, 4) is 0 Å². The van der Waals surface area contributed by atoms with Crippen molar-refractivity contribution in [3.63, 3.8) is 0 Å². The fourth-order valence-electron chi connectivity index (χ4n) is 2.14. The Morgan fingerprint density at radius 1 is 0.926 bits per heavy atom. The highest BCUT2D eigenvalue weighted by atomic mass is 32.1. The first kappa shape index (κ1) is 20.1. The Labute approximate surface area is 162 Å². The Hall–Kier alpha value is -3.26. The average molecular weight is 385 g/mol. The second-order valence-corrected chi connectivity index (χ2v) is 5.89. The van der Waals surface area contributed by atoms with Gasteiger partial charge >= 0.3 is 5.97 Å². The molecule has 0 unspecified atom stereocenters. The Morgan fingerprint density at radius 3 is 2.26 bits per heavy atom. The van der Waals surface area contributed by atoms with Crippen LogP contribution in [-0.4, -0.2) is 30.0 Å². The quantitative estimate of drug-likeness (QED) is 0.523. The van der Waals surface area contributed by atoms with Gasteiger partial charge in [0.1, 0.15) is 0 Å². The highest BCUT2D eigenvalue weighted by Gasteiger charge is 2.09. The number of thiocarbonyl (C=S) groups is 1. The van der Waals surface area contributed by atoms with Gasteiger partial charge in [-0.2, -0.15) is 0 Å². The van der Waals surface area contributed by atoms with E-state index in [1.165, 1.54) is 7.11 Å². The molecular weight excluding hydrogens is 366 g/mol. The zero-order chi connectivity index (χ0) is 19.6. The lowest BCUT2D eigenvalue weighted by Gasteiger charge is -2.11. The van der Waals surface area contributed by atoms with Crippen molar-refractivity contribution >= 4 is 46.5 Å². The van der Waals surface area contributed by atoms with Crippen LogP contribution in [0.25, 0.3) is 0 Å². The Morgan fingerprint density at radius 2 is 1.59 bits per heavy atom. The van der Waals surface area contributed by atoms with Gasteiger partial charge in [-0.15, -0.1) is 0 Å². The third-order valence-electron chi connectivity index (χ3n) is 3.45. The monoisotopic (exact) mass is 385 g/mol. The molecule has 0 saturated carbocycles. The van der Waals surface area contributed by atoms with E-state index < -0.39 is 11.9 Å². The van der Waals surface area contributed by atoms with Gasteiger partial charge in [0.05, 0.1) is 13.5 Å². The molecule has 2 amide bonds. The van der Waals surface area contributed by atoms with Crippen molar-refractivity contribution in [2.75, 3.05) is 17.7 Å². The van der Waals surface area contributed by atoms with Crippen molar-refractivity contribution in [2.45, 2.75) is 12.8 Å². The molecule has 8 heteroatoms. The lowest BCUT2D eigenvalue weighted by Crippen LogP contribution is -2.34. The molecule has 0 aromatic heterocycles. The van der Waals surface area contributed by atoms with Gasteiger partial charge in [-0.25, -0.2) is 0 Å². The predicted octanol–water partition coefficient (Wildman–Crippen LogP) is 2.71. The minimum atomic E-state index is -0.467. The van der Waals surface area contributed by atoms with Crippen LogP contribution in [0.2, 0.25) is 0 Å². The van der Waals surface area contributed by atoms with Crippen molar-refractivity contribution in [1.82, 2.24) is 5.32 Å². The average Bonchev–Trinajstić information content (AvgIpc) is 2.66. The standard InChI is InChI=1S/C19H19N3O4S/c1-26-17(24)11-10-16(23)22-19(27)21-15-9-5-8-14(12-15)20-18(25)13-6-3-2-4-7-13/h2-9,12H,10-11H2,1H3,(H,20,25)(H2,21,22,23,27). The van der Waals surface area contributed by atoms with Crippen LogP contribution in [0, 0.1) is 0 Å². The molecule has 0 heterocycles. The molecule has 2 aromatic carbocycles. The topological polar surface area (TPSA) is 96.5 Å². The molecule has 0 spiro atoms. The highest BCUT2D eigenvalue weighted by Crippen LogP contribution is 2.16. The van der Waals surface area contributed by atoms with E-state index in [9.17, 15) is 14.4 Å². The number of carbonyl (C=O) groups is 3. The zero-order valence-corrected chi connectivity index (χ0v) is 15.5. The molecule has 0 atom stereocenters. The van der Waals surface area contributed by atoms with E-state index in [0.29, 0.717) is 16.9 Å². The smallest absolute Gasteiger partial charge is 0.306 e. The van der Waals surface area contributed by atoms with Crippen LogP contribution in [0.15, 0.2) is 54.6 Å². The van der Waals surface area contributed by atoms with Crippen molar-refractivity contribution in [3.05, 3.63) is 60.2 Å². The number of esters is 1. The summed E-state index contributed by atoms with van der Waals surface area (Å²) in [4.78, 5) is 35.0. The lowest BCUT2D eigenvalue weighted by atomic mass is 10.2. The summed E-state index contributed by atoms with van der Waals surface area (Å²) < 4.78 is 4.48. The zero-order valence-electron chi connectivity index (χ0n) is 14.7. The summed E-state index contributed by atoms with van der Waals surface area (Å²) in [5.74, 6) is -1.09. The number of ether oxygens (including phenoxy) is 1. The number of methoxy groups -OCH3 is 1. The SMILES string of the molecule is COC(=O)CCC(=O)NC(=S)Nc1cccc(NC(=O)c2ccccc2)c1. The summed E-state index contributed by atoms with van der Waals surface area (Å²) >= 11 is 5.08. The maximum Gasteiger partial charge on any atom is 0.306 e. The molecule has 0 aliphatic rings. The van der Waals surface area contributed by atoms with E-state index in [1.807, 2.05) is 6.07 Å². The van der Waals surface area contributed by atoms with Crippen LogP contribution in [0.1, 0.15) is 23.2 Å². The van der Waals surface area contributed by atoms with Crippen molar-refractivity contribution < 1.29 is 19.1 Å². The highest BCUT2D eigenvalue weighted by molar-refractivity contribution is 7.80. The van der Waals surface area contributed by atoms with E-state index >= 15 is 0 Å². The molecule has 7 nitrogen and oxygen atoms in total. The van der Waals surface area contributed by atoms with Crippen LogP contribution in [0.5, 0.6) is 0 Å². The summed E-state index contributed by atoms with van der Waals surface area (Å²) in [5.41, 5.74) is 1.72. The molecule has 0 aliphatic carbocycles. The minimum absolute atomic E-state index is 0.0219. The van der Waals surface area contributed by atoms with Crippen molar-refractivity contribution in [1.29, 1.82) is 0 Å². The van der Waals surface area contributed by atoms with Gasteiger partial charge in [0.25, 0.3) is 5.91 Å². The molecule has 2 aromatic rings. The molecule has 0 aliphatic heterocycles. The molecule has 3 N–H and O–H groups in total. The Kier molecular flexibility index (Phi) is 7.45. The number of amides is 2. The van der Waals surface area contributed by atoms with Crippen LogP contribution >= 0.6 is 12.2 Å². The number of hydrogen-bond donors (Lipinski definition) is 3. The van der Waals surface area contributed by atoms with Crippen LogP contribution in [0.4, 0.5) is 11.4 Å². The second-order valence-electron chi connectivity index (χ2n) is 5.48. The lowest BCUT2D eigenvalue weighted by molar-refractivity contribution is -0.142. The number of rotatable bonds is 6. The summed E-state index contributed by atoms with van der Waals surface area (Å²) in [7, 11) is 1.26. The van der Waals surface area contributed by atoms with E-state index in [2.05, 4.69) is 20.7 Å². The summed E-state index contributed by atoms with van der Waals surface area (Å²) in [6, 6.07) is 15.8. The van der Waals surface area contributed by atoms with Gasteiger partial charge in [0, 0.05) is 23.4 Å². The molecule has 27 heavy (non-hydrogen) atoms. The molecule has 0 saturated heterocycles. The molecular formula is C19H19N3O4S. The van der Waals surface area contributed by atoms with Gasteiger partial charge < -0.3 is 20.7 Å². The number of anilines is 2. The Bertz CT molecular complexity index is 840. The van der Waals surface area contributed by atoms with Gasteiger partial charge in [0.2, 0.25) is 5.91 Å². The summed E-state index contributed by atoms with van der Waals surface area (Å²) in [6.45, 7) is 0. The fraction of sp³-hybridized carbons (Fsp3) is 0.158. The first-order chi connectivity index (χ1) is 13.0. The van der Waals surface area contributed by atoms with Gasteiger partial charge in [-0.1, -0.05) is 24.3 Å². The minimum Gasteiger partial charge on any atom is -0.469 e. The number of nitrogens with one attached hydrogen (secondary N) is 3. The van der Waals surface area contributed by atoms with Crippen molar-refractivity contribution in [2.24, 2.45) is 0 Å². The number of hydrogen-bond acceptors (Lipinski definition) is 5. The molecule has 140 valence electrons. The normalized spacial score (nSPS) is 9.81. The molecule has 2 rings (SSSR count). The van der Waals surface area contributed by atoms with Crippen LogP contribution in [-0.2, 0) is 14.3 Å². The van der Waals surface area contributed by atoms with Gasteiger partial charge in [0.15, 0.2) is 5.11 Å². The molecule has 0 bridgehead atoms. The van der Waals surface area contributed by atoms with Gasteiger partial charge in [-0.3, -0.25) is 14.4 Å². The number of benzene rings is 2. The largest absolute Gasteiger partial charge is 0.469 e. The predicted molar refractivity (Wildman–Crippen MR) is 106 cm³/mol. The van der Waals surface area contributed by atoms with E-state index in [1.54, 1.807) is 48.5 Å². The first-order valence-corrected chi connectivity index (χ1v) is 8.53. The van der Waals surface area contributed by atoms with Crippen LogP contribution < -0.4 is 16.0 Å². The molecule has 0 fully saturated rings. The summed E-state index contributed by atoms with van der Waals surface area (Å²) in [6.07, 6.45) is -0.0480. The third-order valence-corrected chi connectivity index (χ3v) is 3.66. The first-order valence-electron chi connectivity index (χ1n) is 8.12. The maximum atomic E-state index is 12.2. The molecule has 0 radical (unpaired) electrons. The Balaban J connectivity index is 1.89. The maximum absolute atomic E-state index is 12.2. The second kappa shape index (κ2) is 10.0.